The summed E-state index contributed by atoms with van der Waals surface area (Å²) in [7, 11) is 5.32. The molecule has 27 nitrogen and oxygen atoms in total. The molecule has 3 aliphatic rings. The lowest BCUT2D eigenvalue weighted by atomic mass is 9.81. The van der Waals surface area contributed by atoms with E-state index < -0.39 is 38.2 Å². The molecule has 134 heavy (non-hydrogen) atoms. The molecule has 714 valence electrons. The van der Waals surface area contributed by atoms with Crippen molar-refractivity contribution in [3.05, 3.63) is 255 Å². The van der Waals surface area contributed by atoms with Crippen molar-refractivity contribution in [2.75, 3.05) is 123 Å². The first kappa shape index (κ1) is 98.9. The third-order valence-corrected chi connectivity index (χ3v) is 26.0. The van der Waals surface area contributed by atoms with Gasteiger partial charge in [0.1, 0.15) is 23.2 Å². The summed E-state index contributed by atoms with van der Waals surface area (Å²) in [6, 6.07) is 27.4. The minimum atomic E-state index is -4.24. The van der Waals surface area contributed by atoms with Gasteiger partial charge in [-0.05, 0) is 219 Å². The van der Waals surface area contributed by atoms with Crippen molar-refractivity contribution in [3.8, 4) is 39.1 Å². The van der Waals surface area contributed by atoms with Gasteiger partial charge in [-0.2, -0.15) is 39.5 Å². The Morgan fingerprint density at radius 2 is 0.896 bits per heavy atom. The highest BCUT2D eigenvalue weighted by Crippen LogP contribution is 2.42. The first-order valence-electron chi connectivity index (χ1n) is 44.8. The van der Waals surface area contributed by atoms with Crippen LogP contribution in [0.25, 0.3) is 49.9 Å². The summed E-state index contributed by atoms with van der Waals surface area (Å²) >= 11 is 0. The standard InChI is InChI=1S/C34H41F3N6O3.C33H40F3N7O2.C31H36F3N7O2/c1-20-15-29(46-6)27(33(45)40-20)18-39-32(44)26-17-28-25(24-7-11-38-30(16-24)41(4)5)10-14-43(28)31(22(26)3)21(2)23-8-12-42(13-9-23)19-34(35,36)37;1-5-6-23-15-20(2)40-32(45)27(23)18-39-31(44)26-16-28-25(24-7-8-29(37)38-17-24)9-10-43(28)30(21(26)3)22(4)42-13-11-41(12-14-42)19-33(34,35)36;1-18-13-27(42)25(20(3)38-18)16-37-30(43)24-14-26-23(22-5-6-28(35)36-15-22)7-8-41(26)29(19(24)2)21(4)40-11-9-39(10-12-40)17-31(32,33)34/h7,10-11,14-17,21,23H,8-9,12-13,18-19H2,1-6H3,(H,39,44)(H,40,45);7-10,15-17,22H,5-6,11-14,18-19H2,1-4H3,(H2,37,38)(H,39,44)(H,40,45);5-8,13-15,21H,9-12,16-17H2,1-4H3,(H2,35,36)(H,37,43)(H,38,42). The normalized spacial score (nSPS) is 15.4. The van der Waals surface area contributed by atoms with Crippen LogP contribution in [-0.4, -0.2) is 210 Å². The SMILES string of the molecule is CCCc1cc(C)[nH]c(=O)c1CNC(=O)c1cc2c(-c3ccc(N)nc3)ccn2c(C(C)N2CCN(CC(F)(F)F)CC2)c1C.COc1cc(C)[nH]c(=O)c1CNC(=O)c1cc2c(-c3ccnc(N(C)C)c3)ccn2c(C(C)C2CCN(CC(F)(F)F)CC2)c1C.Cc1cc(=O)c(CNC(=O)c2cc3c(-c4ccc(N)nc4)ccn3c(C(C)N3CCN(CC(F)(F)F)CC3)c2C)c(C)[nH]1. The summed E-state index contributed by atoms with van der Waals surface area (Å²) in [6.07, 6.45) is 1.13. The lowest BCUT2D eigenvalue weighted by Gasteiger charge is -2.39. The number of nitrogens with one attached hydrogen (secondary N) is 6. The van der Waals surface area contributed by atoms with E-state index in [-0.39, 0.29) is 77.8 Å². The number of alkyl halides is 9. The molecule has 15 rings (SSSR count). The van der Waals surface area contributed by atoms with Crippen LogP contribution in [0.15, 0.2) is 143 Å². The van der Waals surface area contributed by atoms with Crippen molar-refractivity contribution < 1.29 is 58.6 Å². The number of aromatic nitrogens is 9. The Labute approximate surface area is 770 Å². The molecule has 3 unspecified atom stereocenters. The average molecular weight is 1860 g/mol. The van der Waals surface area contributed by atoms with Crippen molar-refractivity contribution >= 4 is 51.7 Å². The van der Waals surface area contributed by atoms with Crippen LogP contribution in [0, 0.1) is 54.4 Å². The highest BCUT2D eigenvalue weighted by Gasteiger charge is 2.39. The number of likely N-dealkylation sites (tertiary alicyclic amines) is 1. The predicted octanol–water partition coefficient (Wildman–Crippen LogP) is 15.1. The van der Waals surface area contributed by atoms with E-state index in [2.05, 4.69) is 71.4 Å². The number of anilines is 3. The van der Waals surface area contributed by atoms with Gasteiger partial charge in [-0.3, -0.25) is 53.3 Å². The molecule has 0 aromatic carbocycles. The van der Waals surface area contributed by atoms with Gasteiger partial charge in [0, 0.05) is 230 Å². The van der Waals surface area contributed by atoms with Gasteiger partial charge in [0.05, 0.1) is 55.4 Å². The van der Waals surface area contributed by atoms with Gasteiger partial charge in [0.2, 0.25) is 0 Å². The quantitative estimate of drug-likeness (QED) is 0.0247. The number of rotatable bonds is 25. The fraction of sp³-hybridized carbons (Fsp3) is 0.418. The molecule has 3 amide bonds. The van der Waals surface area contributed by atoms with Crippen LogP contribution in [0.2, 0.25) is 0 Å². The molecule has 15 heterocycles. The number of fused-ring (bicyclic) bond motifs is 3. The summed E-state index contributed by atoms with van der Waals surface area (Å²) in [5.41, 5.74) is 30.0. The van der Waals surface area contributed by atoms with Crippen molar-refractivity contribution in [1.82, 2.24) is 83.6 Å². The maximum atomic E-state index is 13.9. The second-order valence-electron chi connectivity index (χ2n) is 35.5. The number of piperazine rings is 2. The van der Waals surface area contributed by atoms with Crippen LogP contribution in [0.5, 0.6) is 5.75 Å². The number of H-pyrrole nitrogens is 3. The Kier molecular flexibility index (Phi) is 30.6. The molecule has 3 aliphatic heterocycles. The van der Waals surface area contributed by atoms with Crippen LogP contribution in [0.1, 0.15) is 175 Å². The molecule has 0 radical (unpaired) electrons. The number of nitrogens with zero attached hydrogens (tertiary/aromatic N) is 12. The third-order valence-electron chi connectivity index (χ3n) is 26.0. The Bertz CT molecular complexity index is 6450. The molecular formula is C98H117F9N20O7. The number of hydrogen-bond donors (Lipinski definition) is 8. The second-order valence-corrected chi connectivity index (χ2v) is 35.5. The van der Waals surface area contributed by atoms with E-state index in [9.17, 15) is 68.3 Å². The molecule has 12 aromatic heterocycles. The number of aromatic amines is 3. The number of aryl methyl sites for hydroxylation is 5. The topological polar surface area (TPSA) is 318 Å². The van der Waals surface area contributed by atoms with Gasteiger partial charge in [0.15, 0.2) is 5.43 Å². The number of carbonyl (C=O) groups is 3. The van der Waals surface area contributed by atoms with E-state index in [0.717, 1.165) is 119 Å². The molecule has 0 aliphatic carbocycles. The van der Waals surface area contributed by atoms with E-state index in [1.807, 2.05) is 157 Å². The van der Waals surface area contributed by atoms with Gasteiger partial charge >= 0.3 is 18.5 Å². The number of ether oxygens (including phenoxy) is 1. The molecular weight excluding hydrogens is 1740 g/mol. The first-order chi connectivity index (χ1) is 63.4. The van der Waals surface area contributed by atoms with Gasteiger partial charge in [-0.1, -0.05) is 20.3 Å². The number of carbonyl (C=O) groups excluding carboxylic acids is 3. The summed E-state index contributed by atoms with van der Waals surface area (Å²) in [5, 5.41) is 8.84. The number of nitrogen functional groups attached to an aromatic ring is 2. The smallest absolute Gasteiger partial charge is 0.401 e. The molecule has 3 saturated heterocycles. The minimum Gasteiger partial charge on any atom is -0.496 e. The number of pyridine rings is 9. The Balaban J connectivity index is 0.000000171. The fourth-order valence-electron chi connectivity index (χ4n) is 19.0. The number of hydrogen-bond acceptors (Lipinski definition) is 18. The highest BCUT2D eigenvalue weighted by molar-refractivity contribution is 6.01. The zero-order valence-corrected chi connectivity index (χ0v) is 77.9. The van der Waals surface area contributed by atoms with Crippen molar-refractivity contribution in [3.63, 3.8) is 0 Å². The Hall–Kier alpha value is -12.6. The number of methoxy groups -OCH3 is 1. The fourth-order valence-corrected chi connectivity index (χ4v) is 19.0. The number of amides is 3. The summed E-state index contributed by atoms with van der Waals surface area (Å²) in [6.45, 7) is 22.2. The minimum absolute atomic E-state index is 0.0325. The third kappa shape index (κ3) is 23.0. The van der Waals surface area contributed by atoms with Gasteiger partial charge in [-0.25, -0.2) is 15.0 Å². The maximum Gasteiger partial charge on any atom is 0.401 e. The lowest BCUT2D eigenvalue weighted by Crippen LogP contribution is -2.49. The van der Waals surface area contributed by atoms with Crippen LogP contribution < -0.4 is 53.6 Å². The van der Waals surface area contributed by atoms with Gasteiger partial charge in [0.25, 0.3) is 28.8 Å². The van der Waals surface area contributed by atoms with Crippen LogP contribution >= 0.6 is 0 Å². The molecule has 0 bridgehead atoms. The van der Waals surface area contributed by atoms with Crippen molar-refractivity contribution in [2.24, 2.45) is 5.92 Å². The molecule has 10 N–H and O–H groups in total. The van der Waals surface area contributed by atoms with Crippen molar-refractivity contribution in [2.45, 2.75) is 158 Å². The summed E-state index contributed by atoms with van der Waals surface area (Å²) in [4.78, 5) is 112. The second kappa shape index (κ2) is 41.5. The Morgan fingerprint density at radius 3 is 1.31 bits per heavy atom. The summed E-state index contributed by atoms with van der Waals surface area (Å²) in [5.74, 6) is 1.07. The Morgan fingerprint density at radius 1 is 0.493 bits per heavy atom. The molecule has 0 saturated carbocycles. The van der Waals surface area contributed by atoms with E-state index in [1.54, 1.807) is 57.6 Å². The van der Waals surface area contributed by atoms with E-state index in [1.165, 1.54) is 27.9 Å². The van der Waals surface area contributed by atoms with Crippen LogP contribution in [0.3, 0.4) is 0 Å². The predicted molar refractivity (Wildman–Crippen MR) is 502 cm³/mol. The van der Waals surface area contributed by atoms with Gasteiger partial charge in [-0.15, -0.1) is 0 Å². The largest absolute Gasteiger partial charge is 0.496 e. The maximum absolute atomic E-state index is 13.9. The van der Waals surface area contributed by atoms with E-state index in [0.29, 0.717) is 140 Å². The molecule has 3 fully saturated rings. The zero-order chi connectivity index (χ0) is 96.9. The average Bonchev–Trinajstić information content (AvgIpc) is 1.58. The van der Waals surface area contributed by atoms with E-state index >= 15 is 0 Å². The number of nitrogens with two attached hydrogens (primary N) is 2. The van der Waals surface area contributed by atoms with E-state index in [4.69, 9.17) is 16.2 Å². The monoisotopic (exact) mass is 1860 g/mol. The van der Waals surface area contributed by atoms with Crippen LogP contribution in [0.4, 0.5) is 57.0 Å². The van der Waals surface area contributed by atoms with Crippen molar-refractivity contribution in [1.29, 1.82) is 0 Å². The molecule has 36 heteroatoms. The molecule has 12 aromatic rings. The molecule has 0 spiro atoms. The first-order valence-corrected chi connectivity index (χ1v) is 44.8. The molecule has 3 atom stereocenters. The summed E-state index contributed by atoms with van der Waals surface area (Å²) < 4.78 is 129. The lowest BCUT2D eigenvalue weighted by molar-refractivity contribution is -0.150. The zero-order valence-electron chi connectivity index (χ0n) is 77.9. The number of halogens is 9. The number of piperidine rings is 1. The highest BCUT2D eigenvalue weighted by atomic mass is 19.4. The van der Waals surface area contributed by atoms with Gasteiger partial charge < -0.3 is 65.2 Å². The van der Waals surface area contributed by atoms with Crippen LogP contribution in [-0.2, 0) is 26.1 Å².